The van der Waals surface area contributed by atoms with Crippen molar-refractivity contribution in [1.82, 2.24) is 0 Å². The molecule has 3 N–H and O–H groups in total. The van der Waals surface area contributed by atoms with Crippen LogP contribution in [-0.2, 0) is 4.79 Å². The predicted octanol–water partition coefficient (Wildman–Crippen LogP) is 4.34. The van der Waals surface area contributed by atoms with E-state index in [9.17, 15) is 4.79 Å². The van der Waals surface area contributed by atoms with Crippen LogP contribution in [-0.4, -0.2) is 12.5 Å². The van der Waals surface area contributed by atoms with Crippen LogP contribution in [0.5, 0.6) is 0 Å². The highest BCUT2D eigenvalue weighted by molar-refractivity contribution is 9.10. The first-order chi connectivity index (χ1) is 9.59. The highest BCUT2D eigenvalue weighted by Gasteiger charge is 2.37. The van der Waals surface area contributed by atoms with Gasteiger partial charge in [0.25, 0.3) is 0 Å². The molecule has 0 aromatic heterocycles. The summed E-state index contributed by atoms with van der Waals surface area (Å²) in [6, 6.07) is 5.45. The largest absolute Gasteiger partial charge is 0.329 e. The second-order valence-corrected chi connectivity index (χ2v) is 6.65. The monoisotopic (exact) mass is 358 g/mol. The number of carbonyl (C=O) groups is 1. The summed E-state index contributed by atoms with van der Waals surface area (Å²) in [7, 11) is 0. The summed E-state index contributed by atoms with van der Waals surface area (Å²) in [5.74, 6) is 0.0184. The van der Waals surface area contributed by atoms with Gasteiger partial charge < -0.3 is 11.1 Å². The molecule has 2 rings (SSSR count). The second-order valence-electron chi connectivity index (χ2n) is 5.45. The molecule has 1 aliphatic rings. The van der Waals surface area contributed by atoms with Gasteiger partial charge in [-0.2, -0.15) is 0 Å². The molecule has 1 aromatic rings. The van der Waals surface area contributed by atoms with Gasteiger partial charge in [-0.05, 0) is 40.9 Å². The first-order valence-electron chi connectivity index (χ1n) is 7.05. The Morgan fingerprint density at radius 2 is 1.95 bits per heavy atom. The summed E-state index contributed by atoms with van der Waals surface area (Å²) < 4.78 is 0.718. The second kappa shape index (κ2) is 6.92. The number of halogens is 2. The molecule has 20 heavy (non-hydrogen) atoms. The van der Waals surface area contributed by atoms with Crippen molar-refractivity contribution in [3.05, 3.63) is 27.7 Å². The molecular formula is C15H20BrClN2O. The summed E-state index contributed by atoms with van der Waals surface area (Å²) in [4.78, 5) is 12.7. The van der Waals surface area contributed by atoms with Gasteiger partial charge in [0.05, 0.1) is 20.6 Å². The van der Waals surface area contributed by atoms with E-state index < -0.39 is 5.41 Å². The van der Waals surface area contributed by atoms with Crippen molar-refractivity contribution in [1.29, 1.82) is 0 Å². The highest BCUT2D eigenvalue weighted by atomic mass is 79.9. The van der Waals surface area contributed by atoms with Crippen molar-refractivity contribution in [3.63, 3.8) is 0 Å². The minimum absolute atomic E-state index is 0.0184. The minimum atomic E-state index is -0.432. The normalized spacial score (nSPS) is 18.4. The number of benzene rings is 1. The summed E-state index contributed by atoms with van der Waals surface area (Å²) >= 11 is 9.46. The molecular weight excluding hydrogens is 340 g/mol. The molecule has 0 atom stereocenters. The molecule has 3 nitrogen and oxygen atoms in total. The minimum Gasteiger partial charge on any atom is -0.329 e. The molecule has 1 aromatic carbocycles. The predicted molar refractivity (Wildman–Crippen MR) is 87.0 cm³/mol. The number of hydrogen-bond acceptors (Lipinski definition) is 2. The molecule has 1 amide bonds. The SMILES string of the molecule is NCC1(C(=O)Nc2cccc(Cl)c2Br)CCCCCC1. The van der Waals surface area contributed by atoms with E-state index in [0.29, 0.717) is 17.3 Å². The highest BCUT2D eigenvalue weighted by Crippen LogP contribution is 2.37. The van der Waals surface area contributed by atoms with Gasteiger partial charge in [-0.1, -0.05) is 43.4 Å². The van der Waals surface area contributed by atoms with Crippen LogP contribution in [0.25, 0.3) is 0 Å². The topological polar surface area (TPSA) is 55.1 Å². The van der Waals surface area contributed by atoms with Gasteiger partial charge in [0, 0.05) is 6.54 Å². The zero-order valence-corrected chi connectivity index (χ0v) is 13.8. The van der Waals surface area contributed by atoms with Crippen LogP contribution < -0.4 is 11.1 Å². The fraction of sp³-hybridized carbons (Fsp3) is 0.533. The number of amides is 1. The van der Waals surface area contributed by atoms with Gasteiger partial charge in [0.1, 0.15) is 0 Å². The van der Waals surface area contributed by atoms with Crippen LogP contribution >= 0.6 is 27.5 Å². The quantitative estimate of drug-likeness (QED) is 0.789. The van der Waals surface area contributed by atoms with Crippen LogP contribution in [0.2, 0.25) is 5.02 Å². The van der Waals surface area contributed by atoms with Gasteiger partial charge in [-0.25, -0.2) is 0 Å². The third-order valence-electron chi connectivity index (χ3n) is 4.13. The summed E-state index contributed by atoms with van der Waals surface area (Å²) in [6.07, 6.45) is 6.26. The average Bonchev–Trinajstić information content (AvgIpc) is 2.70. The average molecular weight is 360 g/mol. The first-order valence-corrected chi connectivity index (χ1v) is 8.22. The lowest BCUT2D eigenvalue weighted by Gasteiger charge is -2.30. The van der Waals surface area contributed by atoms with Crippen LogP contribution in [0.3, 0.4) is 0 Å². The lowest BCUT2D eigenvalue weighted by atomic mass is 9.79. The number of anilines is 1. The first kappa shape index (κ1) is 15.8. The molecule has 0 bridgehead atoms. The molecule has 110 valence electrons. The Hall–Kier alpha value is -0.580. The standard InChI is InChI=1S/C15H20BrClN2O/c16-13-11(17)6-5-7-12(13)19-14(20)15(10-18)8-3-1-2-4-9-15/h5-7H,1-4,8-10,18H2,(H,19,20). The van der Waals surface area contributed by atoms with E-state index in [0.717, 1.165) is 30.2 Å². The number of hydrogen-bond donors (Lipinski definition) is 2. The third-order valence-corrected chi connectivity index (χ3v) is 5.53. The lowest BCUT2D eigenvalue weighted by Crippen LogP contribution is -2.42. The van der Waals surface area contributed by atoms with Gasteiger partial charge in [-0.3, -0.25) is 4.79 Å². The Labute approximate surface area is 133 Å². The number of rotatable bonds is 3. The van der Waals surface area contributed by atoms with Gasteiger partial charge in [0.15, 0.2) is 0 Å². The maximum Gasteiger partial charge on any atom is 0.231 e. The van der Waals surface area contributed by atoms with E-state index in [1.165, 1.54) is 12.8 Å². The summed E-state index contributed by atoms with van der Waals surface area (Å²) in [5.41, 5.74) is 6.21. The van der Waals surface area contributed by atoms with Crippen molar-refractivity contribution in [3.8, 4) is 0 Å². The Bertz CT molecular complexity index is 485. The molecule has 5 heteroatoms. The Kier molecular flexibility index (Phi) is 5.47. The van der Waals surface area contributed by atoms with E-state index in [-0.39, 0.29) is 5.91 Å². The summed E-state index contributed by atoms with van der Waals surface area (Å²) in [5, 5.41) is 3.58. The van der Waals surface area contributed by atoms with Crippen LogP contribution in [0.15, 0.2) is 22.7 Å². The zero-order chi connectivity index (χ0) is 14.6. The van der Waals surface area contributed by atoms with Crippen LogP contribution in [0.4, 0.5) is 5.69 Å². The van der Waals surface area contributed by atoms with Crippen molar-refractivity contribution >= 4 is 39.1 Å². The fourth-order valence-corrected chi connectivity index (χ4v) is 3.32. The summed E-state index contributed by atoms with van der Waals surface area (Å²) in [6.45, 7) is 0.400. The van der Waals surface area contributed by atoms with Gasteiger partial charge >= 0.3 is 0 Å². The molecule has 0 heterocycles. The van der Waals surface area contributed by atoms with Gasteiger partial charge in [0.2, 0.25) is 5.91 Å². The fourth-order valence-electron chi connectivity index (χ4n) is 2.78. The van der Waals surface area contributed by atoms with E-state index in [2.05, 4.69) is 21.2 Å². The third kappa shape index (κ3) is 3.35. The molecule has 1 saturated carbocycles. The number of nitrogens with two attached hydrogens (primary N) is 1. The lowest BCUT2D eigenvalue weighted by molar-refractivity contribution is -0.125. The Morgan fingerprint density at radius 1 is 1.30 bits per heavy atom. The molecule has 0 spiro atoms. The Morgan fingerprint density at radius 3 is 2.55 bits per heavy atom. The van der Waals surface area contributed by atoms with E-state index in [1.54, 1.807) is 6.07 Å². The van der Waals surface area contributed by atoms with Crippen molar-refractivity contribution in [2.24, 2.45) is 11.1 Å². The maximum absolute atomic E-state index is 12.7. The van der Waals surface area contributed by atoms with E-state index in [1.807, 2.05) is 12.1 Å². The van der Waals surface area contributed by atoms with E-state index >= 15 is 0 Å². The van der Waals surface area contributed by atoms with Crippen molar-refractivity contribution < 1.29 is 4.79 Å². The number of nitrogens with one attached hydrogen (secondary N) is 1. The molecule has 1 fully saturated rings. The molecule has 0 aliphatic heterocycles. The zero-order valence-electron chi connectivity index (χ0n) is 11.4. The molecule has 1 aliphatic carbocycles. The van der Waals surface area contributed by atoms with Crippen molar-refractivity contribution in [2.45, 2.75) is 38.5 Å². The molecule has 0 unspecified atom stereocenters. The number of carbonyl (C=O) groups excluding carboxylic acids is 1. The van der Waals surface area contributed by atoms with Crippen LogP contribution in [0.1, 0.15) is 38.5 Å². The Balaban J connectivity index is 2.18. The maximum atomic E-state index is 12.7. The van der Waals surface area contributed by atoms with Crippen LogP contribution in [0, 0.1) is 5.41 Å². The van der Waals surface area contributed by atoms with E-state index in [4.69, 9.17) is 17.3 Å². The molecule has 0 saturated heterocycles. The van der Waals surface area contributed by atoms with Gasteiger partial charge in [-0.15, -0.1) is 0 Å². The smallest absolute Gasteiger partial charge is 0.231 e. The van der Waals surface area contributed by atoms with Crippen molar-refractivity contribution in [2.75, 3.05) is 11.9 Å². The molecule has 0 radical (unpaired) electrons.